The molecule has 2 unspecified atom stereocenters. The molecule has 17 nitrogen and oxygen atoms in total. The average molecular weight is 1420 g/mol. The van der Waals surface area contributed by atoms with E-state index in [1.807, 2.05) is 0 Å². The standard InChI is InChI=1S/C78H152O17P2/c1-6-9-12-15-18-20-22-24-25-26-27-28-29-30-31-32-34-40-44-49-54-59-64-78(83)95-74(68-89-76(81)62-57-52-47-42-38-36-35-37-41-46-50-55-60-71(4)5)70-93-97(86,87)91-66-72(79)65-90-96(84,85)92-69-73(67-88-75(80)61-56-51-45-17-14-11-8-3)94-77(82)63-58-53-48-43-39-33-23-21-19-16-13-10-7-2/h71-74,79H,6-70H2,1-5H3,(H,84,85)(H,86,87)/t72-,73+,74+/m0/s1. The predicted molar refractivity (Wildman–Crippen MR) is 395 cm³/mol. The van der Waals surface area contributed by atoms with Gasteiger partial charge in [-0.3, -0.25) is 37.3 Å². The minimum Gasteiger partial charge on any atom is -0.462 e. The van der Waals surface area contributed by atoms with Gasteiger partial charge in [-0.15, -0.1) is 0 Å². The Morgan fingerprint density at radius 2 is 0.474 bits per heavy atom. The second kappa shape index (κ2) is 71.1. The fraction of sp³-hybridized carbons (Fsp3) is 0.949. The third-order valence-electron chi connectivity index (χ3n) is 18.3. The Hall–Kier alpha value is -1.94. The summed E-state index contributed by atoms with van der Waals surface area (Å²) in [6.45, 7) is 7.27. The topological polar surface area (TPSA) is 237 Å². The quantitative estimate of drug-likeness (QED) is 0.0222. The van der Waals surface area contributed by atoms with Gasteiger partial charge in [-0.1, -0.05) is 362 Å². The van der Waals surface area contributed by atoms with Crippen LogP contribution in [0, 0.1) is 5.92 Å². The first-order valence-corrected chi connectivity index (χ1v) is 43.6. The molecule has 0 radical (unpaired) electrons. The van der Waals surface area contributed by atoms with Crippen LogP contribution in [0.4, 0.5) is 0 Å². The van der Waals surface area contributed by atoms with E-state index in [1.54, 1.807) is 0 Å². The smallest absolute Gasteiger partial charge is 0.462 e. The van der Waals surface area contributed by atoms with E-state index in [1.165, 1.54) is 225 Å². The molecule has 576 valence electrons. The molecule has 19 heteroatoms. The van der Waals surface area contributed by atoms with Crippen LogP contribution in [-0.2, 0) is 65.4 Å². The van der Waals surface area contributed by atoms with Crippen LogP contribution in [0.1, 0.15) is 413 Å². The normalized spacial score (nSPS) is 13.9. The van der Waals surface area contributed by atoms with Gasteiger partial charge in [0.25, 0.3) is 0 Å². The van der Waals surface area contributed by atoms with Crippen molar-refractivity contribution in [1.29, 1.82) is 0 Å². The Morgan fingerprint density at radius 3 is 0.701 bits per heavy atom. The zero-order valence-electron chi connectivity index (χ0n) is 63.2. The molecule has 97 heavy (non-hydrogen) atoms. The first-order chi connectivity index (χ1) is 47.0. The summed E-state index contributed by atoms with van der Waals surface area (Å²) in [5, 5.41) is 10.6. The highest BCUT2D eigenvalue weighted by Gasteiger charge is 2.30. The number of carbonyl (C=O) groups is 4. The highest BCUT2D eigenvalue weighted by atomic mass is 31.2. The summed E-state index contributed by atoms with van der Waals surface area (Å²) < 4.78 is 68.5. The van der Waals surface area contributed by atoms with Crippen LogP contribution in [0.25, 0.3) is 0 Å². The lowest BCUT2D eigenvalue weighted by Gasteiger charge is -2.21. The second-order valence-electron chi connectivity index (χ2n) is 28.6. The van der Waals surface area contributed by atoms with Gasteiger partial charge in [-0.05, 0) is 31.6 Å². The Balaban J connectivity index is 5.15. The van der Waals surface area contributed by atoms with E-state index in [0.29, 0.717) is 25.7 Å². The van der Waals surface area contributed by atoms with E-state index < -0.39 is 97.5 Å². The van der Waals surface area contributed by atoms with Crippen LogP contribution < -0.4 is 0 Å². The number of phosphoric ester groups is 2. The maximum absolute atomic E-state index is 13.1. The molecule has 0 aromatic heterocycles. The van der Waals surface area contributed by atoms with Crippen LogP contribution in [0.3, 0.4) is 0 Å². The molecular formula is C78H152O17P2. The van der Waals surface area contributed by atoms with E-state index in [0.717, 1.165) is 109 Å². The van der Waals surface area contributed by atoms with Crippen molar-refractivity contribution in [2.75, 3.05) is 39.6 Å². The molecule has 3 N–H and O–H groups in total. The highest BCUT2D eigenvalue weighted by Crippen LogP contribution is 2.45. The van der Waals surface area contributed by atoms with E-state index in [9.17, 15) is 43.2 Å². The van der Waals surface area contributed by atoms with Gasteiger partial charge in [-0.25, -0.2) is 9.13 Å². The van der Waals surface area contributed by atoms with Crippen molar-refractivity contribution >= 4 is 39.5 Å². The lowest BCUT2D eigenvalue weighted by Crippen LogP contribution is -2.30. The van der Waals surface area contributed by atoms with Gasteiger partial charge in [0.05, 0.1) is 26.4 Å². The molecule has 0 bridgehead atoms. The molecule has 0 fully saturated rings. The molecular weight excluding hydrogens is 1270 g/mol. The van der Waals surface area contributed by atoms with Gasteiger partial charge < -0.3 is 33.8 Å². The van der Waals surface area contributed by atoms with Crippen molar-refractivity contribution in [1.82, 2.24) is 0 Å². The molecule has 0 aliphatic rings. The largest absolute Gasteiger partial charge is 0.472 e. The lowest BCUT2D eigenvalue weighted by atomic mass is 10.0. The van der Waals surface area contributed by atoms with E-state index in [-0.39, 0.29) is 25.7 Å². The molecule has 0 rings (SSSR count). The molecule has 0 spiro atoms. The highest BCUT2D eigenvalue weighted by molar-refractivity contribution is 7.47. The van der Waals surface area contributed by atoms with Crippen LogP contribution in [0.15, 0.2) is 0 Å². The molecule has 0 amide bonds. The minimum absolute atomic E-state index is 0.108. The van der Waals surface area contributed by atoms with Crippen LogP contribution >= 0.6 is 15.6 Å². The monoisotopic (exact) mass is 1420 g/mol. The Morgan fingerprint density at radius 1 is 0.278 bits per heavy atom. The maximum atomic E-state index is 13.1. The Bertz CT molecular complexity index is 1860. The number of phosphoric acid groups is 2. The second-order valence-corrected chi connectivity index (χ2v) is 31.5. The van der Waals surface area contributed by atoms with Gasteiger partial charge in [0.15, 0.2) is 12.2 Å². The first-order valence-electron chi connectivity index (χ1n) is 40.6. The molecule has 0 aliphatic heterocycles. The van der Waals surface area contributed by atoms with E-state index in [2.05, 4.69) is 34.6 Å². The Labute approximate surface area is 594 Å². The number of aliphatic hydroxyl groups excluding tert-OH is 1. The van der Waals surface area contributed by atoms with Crippen molar-refractivity contribution in [3.63, 3.8) is 0 Å². The van der Waals surface area contributed by atoms with Gasteiger partial charge in [0.1, 0.15) is 19.3 Å². The lowest BCUT2D eigenvalue weighted by molar-refractivity contribution is -0.161. The summed E-state index contributed by atoms with van der Waals surface area (Å²) in [5.41, 5.74) is 0. The maximum Gasteiger partial charge on any atom is 0.472 e. The van der Waals surface area contributed by atoms with Crippen molar-refractivity contribution in [3.8, 4) is 0 Å². The predicted octanol–water partition coefficient (Wildman–Crippen LogP) is 23.3. The van der Waals surface area contributed by atoms with E-state index >= 15 is 0 Å². The average Bonchev–Trinajstić information content (AvgIpc) is 1.30. The third kappa shape index (κ3) is 72.2. The zero-order chi connectivity index (χ0) is 71.2. The molecule has 0 aromatic carbocycles. The van der Waals surface area contributed by atoms with Gasteiger partial charge in [0.2, 0.25) is 0 Å². The SMILES string of the molecule is CCCCCCCCCCCCCCCCCCCCCCCCC(=O)O[C@H](COC(=O)CCCCCCCCCCCCCCC(C)C)COP(=O)(O)OC[C@@H](O)COP(=O)(O)OC[C@@H](COC(=O)CCCCCCCCC)OC(=O)CCCCCCCCCCCCCCC. The number of hydrogen-bond acceptors (Lipinski definition) is 15. The number of aliphatic hydroxyl groups is 1. The summed E-state index contributed by atoms with van der Waals surface area (Å²) in [6, 6.07) is 0. The summed E-state index contributed by atoms with van der Waals surface area (Å²) >= 11 is 0. The summed E-state index contributed by atoms with van der Waals surface area (Å²) in [6.07, 6.45) is 61.3. The van der Waals surface area contributed by atoms with Crippen molar-refractivity contribution in [2.24, 2.45) is 5.92 Å². The molecule has 0 saturated carbocycles. The summed E-state index contributed by atoms with van der Waals surface area (Å²) in [4.78, 5) is 72.7. The third-order valence-corrected chi connectivity index (χ3v) is 20.2. The van der Waals surface area contributed by atoms with Gasteiger partial charge >= 0.3 is 39.5 Å². The van der Waals surface area contributed by atoms with Crippen molar-refractivity contribution in [3.05, 3.63) is 0 Å². The number of ether oxygens (including phenoxy) is 4. The number of unbranched alkanes of at least 4 members (excludes halogenated alkanes) is 50. The van der Waals surface area contributed by atoms with Crippen LogP contribution in [0.5, 0.6) is 0 Å². The Kier molecular flexibility index (Phi) is 69.6. The molecule has 5 atom stereocenters. The molecule has 0 aliphatic carbocycles. The van der Waals surface area contributed by atoms with E-state index in [4.69, 9.17) is 37.0 Å². The fourth-order valence-corrected chi connectivity index (χ4v) is 13.6. The number of esters is 4. The zero-order valence-corrected chi connectivity index (χ0v) is 65.0. The fourth-order valence-electron chi connectivity index (χ4n) is 12.1. The molecule has 0 heterocycles. The van der Waals surface area contributed by atoms with Crippen LogP contribution in [-0.4, -0.2) is 96.7 Å². The molecule has 0 aromatic rings. The number of hydrogen-bond donors (Lipinski definition) is 3. The van der Waals surface area contributed by atoms with Gasteiger partial charge in [-0.2, -0.15) is 0 Å². The summed E-state index contributed by atoms with van der Waals surface area (Å²) in [7, 11) is -9.91. The minimum atomic E-state index is -4.96. The van der Waals surface area contributed by atoms with Gasteiger partial charge in [0, 0.05) is 25.7 Å². The number of rotatable bonds is 78. The number of carbonyl (C=O) groups excluding carboxylic acids is 4. The van der Waals surface area contributed by atoms with Crippen molar-refractivity contribution < 1.29 is 80.2 Å². The van der Waals surface area contributed by atoms with Crippen LogP contribution in [0.2, 0.25) is 0 Å². The first kappa shape index (κ1) is 95.1. The summed E-state index contributed by atoms with van der Waals surface area (Å²) in [5.74, 6) is -1.33. The van der Waals surface area contributed by atoms with Crippen molar-refractivity contribution in [2.45, 2.75) is 432 Å². The molecule has 0 saturated heterocycles.